The van der Waals surface area contributed by atoms with E-state index in [1.165, 1.54) is 23.1 Å². The number of esters is 1. The fourth-order valence-corrected chi connectivity index (χ4v) is 3.08. The van der Waals surface area contributed by atoms with Gasteiger partial charge in [0.15, 0.2) is 6.61 Å². The van der Waals surface area contributed by atoms with Crippen molar-refractivity contribution in [3.63, 3.8) is 0 Å². The molecule has 1 aliphatic heterocycles. The number of nitro groups is 1. The molecule has 1 N–H and O–H groups in total. The number of hydrogen-bond acceptors (Lipinski definition) is 6. The SMILES string of the molecule is O=C(COC(=O)C1CC(=O)N(c2cccc([N+](=O)[O-])c2)C1)Nc1ccccc1Cl. The number of halogens is 1. The molecular formula is C19H16ClN3O6. The van der Waals surface area contributed by atoms with Gasteiger partial charge in [-0.25, -0.2) is 0 Å². The Balaban J connectivity index is 1.56. The molecule has 0 saturated carbocycles. The summed E-state index contributed by atoms with van der Waals surface area (Å²) < 4.78 is 5.01. The second kappa shape index (κ2) is 8.70. The van der Waals surface area contributed by atoms with Gasteiger partial charge in [-0.2, -0.15) is 0 Å². The summed E-state index contributed by atoms with van der Waals surface area (Å²) in [4.78, 5) is 48.1. The number of nitro benzene ring substituents is 1. The van der Waals surface area contributed by atoms with E-state index < -0.39 is 29.3 Å². The smallest absolute Gasteiger partial charge is 0.311 e. The lowest BCUT2D eigenvalue weighted by atomic mass is 10.1. The second-order valence-corrected chi connectivity index (χ2v) is 6.73. The zero-order valence-electron chi connectivity index (χ0n) is 15.0. The van der Waals surface area contributed by atoms with Crippen LogP contribution < -0.4 is 10.2 Å². The summed E-state index contributed by atoms with van der Waals surface area (Å²) in [5.74, 6) is -2.38. The maximum Gasteiger partial charge on any atom is 0.311 e. The standard InChI is InChI=1S/C19H16ClN3O6/c20-15-6-1-2-7-16(15)21-17(24)11-29-19(26)12-8-18(25)22(10-12)13-4-3-5-14(9-13)23(27)28/h1-7,9,12H,8,10-11H2,(H,21,24). The highest BCUT2D eigenvalue weighted by atomic mass is 35.5. The number of anilines is 2. The molecule has 9 nitrogen and oxygen atoms in total. The first-order chi connectivity index (χ1) is 13.8. The van der Waals surface area contributed by atoms with Crippen LogP contribution in [0.5, 0.6) is 0 Å². The minimum Gasteiger partial charge on any atom is -0.455 e. The first-order valence-corrected chi connectivity index (χ1v) is 8.99. The topological polar surface area (TPSA) is 119 Å². The summed E-state index contributed by atoms with van der Waals surface area (Å²) in [6.45, 7) is -0.503. The van der Waals surface area contributed by atoms with Gasteiger partial charge in [-0.3, -0.25) is 24.5 Å². The first-order valence-electron chi connectivity index (χ1n) is 8.61. The number of carbonyl (C=O) groups excluding carboxylic acids is 3. The minimum absolute atomic E-state index is 0.0188. The molecule has 0 radical (unpaired) electrons. The molecule has 2 amide bonds. The molecule has 0 aliphatic carbocycles. The van der Waals surface area contributed by atoms with Crippen molar-refractivity contribution in [3.05, 3.63) is 63.7 Å². The summed E-state index contributed by atoms with van der Waals surface area (Å²) >= 11 is 5.95. The Hall–Kier alpha value is -3.46. The molecule has 0 bridgehead atoms. The van der Waals surface area contributed by atoms with Crippen molar-refractivity contribution >= 4 is 46.4 Å². The molecule has 150 valence electrons. The highest BCUT2D eigenvalue weighted by Crippen LogP contribution is 2.28. The van der Waals surface area contributed by atoms with E-state index in [0.29, 0.717) is 16.4 Å². The first kappa shape index (κ1) is 20.3. The minimum atomic E-state index is -0.769. The van der Waals surface area contributed by atoms with Crippen molar-refractivity contribution < 1.29 is 24.0 Å². The molecule has 2 aromatic carbocycles. The van der Waals surface area contributed by atoms with Gasteiger partial charge in [-0.1, -0.05) is 29.8 Å². The van der Waals surface area contributed by atoms with Crippen LogP contribution in [0.1, 0.15) is 6.42 Å². The predicted octanol–water partition coefficient (Wildman–Crippen LogP) is 2.78. The number of ether oxygens (including phenoxy) is 1. The third-order valence-electron chi connectivity index (χ3n) is 4.30. The molecule has 0 aromatic heterocycles. The Morgan fingerprint density at radius 2 is 2.00 bits per heavy atom. The van der Waals surface area contributed by atoms with Crippen molar-refractivity contribution in [1.82, 2.24) is 0 Å². The molecule has 1 unspecified atom stereocenters. The van der Waals surface area contributed by atoms with Gasteiger partial charge >= 0.3 is 5.97 Å². The van der Waals surface area contributed by atoms with Crippen molar-refractivity contribution in [3.8, 4) is 0 Å². The number of hydrogen-bond donors (Lipinski definition) is 1. The van der Waals surface area contributed by atoms with Crippen LogP contribution in [0.15, 0.2) is 48.5 Å². The molecule has 0 spiro atoms. The van der Waals surface area contributed by atoms with E-state index in [2.05, 4.69) is 5.32 Å². The summed E-state index contributed by atoms with van der Waals surface area (Å²) in [6.07, 6.45) is -0.104. The normalized spacial score (nSPS) is 15.8. The third-order valence-corrected chi connectivity index (χ3v) is 4.63. The van der Waals surface area contributed by atoms with Crippen LogP contribution in [-0.4, -0.2) is 35.9 Å². The number of non-ortho nitro benzene ring substituents is 1. The van der Waals surface area contributed by atoms with Gasteiger partial charge in [0, 0.05) is 25.1 Å². The van der Waals surface area contributed by atoms with Gasteiger partial charge < -0.3 is 15.0 Å². The summed E-state index contributed by atoms with van der Waals surface area (Å²) in [6, 6.07) is 12.2. The monoisotopic (exact) mass is 417 g/mol. The van der Waals surface area contributed by atoms with Crippen molar-refractivity contribution in [2.24, 2.45) is 5.92 Å². The predicted molar refractivity (Wildman–Crippen MR) is 105 cm³/mol. The number of nitrogens with one attached hydrogen (secondary N) is 1. The molecule has 1 atom stereocenters. The van der Waals surface area contributed by atoms with Gasteiger partial charge in [-0.05, 0) is 18.2 Å². The van der Waals surface area contributed by atoms with Gasteiger partial charge in [0.05, 0.1) is 27.2 Å². The van der Waals surface area contributed by atoms with E-state index >= 15 is 0 Å². The van der Waals surface area contributed by atoms with Crippen LogP contribution >= 0.6 is 11.6 Å². The summed E-state index contributed by atoms with van der Waals surface area (Å²) in [5, 5.41) is 13.8. The zero-order chi connectivity index (χ0) is 21.0. The van der Waals surface area contributed by atoms with Crippen LogP contribution in [0.2, 0.25) is 5.02 Å². The zero-order valence-corrected chi connectivity index (χ0v) is 15.8. The molecule has 1 fully saturated rings. The van der Waals surface area contributed by atoms with Crippen LogP contribution in [0, 0.1) is 16.0 Å². The molecule has 1 saturated heterocycles. The average Bonchev–Trinajstić information content (AvgIpc) is 3.10. The number of amides is 2. The number of benzene rings is 2. The van der Waals surface area contributed by atoms with E-state index in [4.69, 9.17) is 16.3 Å². The number of para-hydroxylation sites is 1. The van der Waals surface area contributed by atoms with Crippen molar-refractivity contribution in [2.45, 2.75) is 6.42 Å². The van der Waals surface area contributed by atoms with Crippen molar-refractivity contribution in [2.75, 3.05) is 23.4 Å². The maximum atomic E-state index is 12.3. The molecule has 10 heteroatoms. The highest BCUT2D eigenvalue weighted by molar-refractivity contribution is 6.33. The van der Waals surface area contributed by atoms with Crippen LogP contribution in [0.25, 0.3) is 0 Å². The lowest BCUT2D eigenvalue weighted by Gasteiger charge is -2.16. The molecule has 2 aromatic rings. The number of nitrogens with zero attached hydrogens (tertiary/aromatic N) is 2. The van der Waals surface area contributed by atoms with E-state index in [9.17, 15) is 24.5 Å². The quantitative estimate of drug-likeness (QED) is 0.438. The summed E-state index contributed by atoms with van der Waals surface area (Å²) in [7, 11) is 0. The fraction of sp³-hybridized carbons (Fsp3) is 0.211. The lowest BCUT2D eigenvalue weighted by molar-refractivity contribution is -0.384. The Labute approximate surface area is 170 Å². The van der Waals surface area contributed by atoms with Gasteiger partial charge in [-0.15, -0.1) is 0 Å². The molecule has 1 heterocycles. The van der Waals surface area contributed by atoms with Gasteiger partial charge in [0.25, 0.3) is 11.6 Å². The maximum absolute atomic E-state index is 12.3. The largest absolute Gasteiger partial charge is 0.455 e. The molecule has 3 rings (SSSR count). The number of rotatable bonds is 6. The fourth-order valence-electron chi connectivity index (χ4n) is 2.89. The van der Waals surface area contributed by atoms with Gasteiger partial charge in [0.2, 0.25) is 5.91 Å². The Bertz CT molecular complexity index is 980. The molecular weight excluding hydrogens is 402 g/mol. The van der Waals surface area contributed by atoms with Crippen LogP contribution in [0.3, 0.4) is 0 Å². The van der Waals surface area contributed by atoms with Crippen LogP contribution in [-0.2, 0) is 19.1 Å². The van der Waals surface area contributed by atoms with Crippen molar-refractivity contribution in [1.29, 1.82) is 0 Å². The summed E-state index contributed by atoms with van der Waals surface area (Å²) in [5.41, 5.74) is 0.566. The molecule has 29 heavy (non-hydrogen) atoms. The van der Waals surface area contributed by atoms with E-state index in [1.54, 1.807) is 30.3 Å². The average molecular weight is 418 g/mol. The number of carbonyl (C=O) groups is 3. The van der Waals surface area contributed by atoms with E-state index in [0.717, 1.165) is 0 Å². The third kappa shape index (κ3) is 4.88. The highest BCUT2D eigenvalue weighted by Gasteiger charge is 2.36. The van der Waals surface area contributed by atoms with E-state index in [1.807, 2.05) is 0 Å². The second-order valence-electron chi connectivity index (χ2n) is 6.32. The van der Waals surface area contributed by atoms with Gasteiger partial charge in [0.1, 0.15) is 0 Å². The Kier molecular flexibility index (Phi) is 6.08. The molecule has 1 aliphatic rings. The lowest BCUT2D eigenvalue weighted by Crippen LogP contribution is -2.28. The Morgan fingerprint density at radius 3 is 2.72 bits per heavy atom. The van der Waals surface area contributed by atoms with E-state index in [-0.39, 0.29) is 24.6 Å². The van der Waals surface area contributed by atoms with Crippen LogP contribution in [0.4, 0.5) is 17.1 Å². The Morgan fingerprint density at radius 1 is 1.24 bits per heavy atom.